The van der Waals surface area contributed by atoms with E-state index in [0.29, 0.717) is 13.0 Å². The zero-order chi connectivity index (χ0) is 15.2. The lowest BCUT2D eigenvalue weighted by atomic mass is 9.88. The lowest BCUT2D eigenvalue weighted by molar-refractivity contribution is -0.120. The molecule has 0 aliphatic heterocycles. The van der Waals surface area contributed by atoms with Crippen LogP contribution in [0.25, 0.3) is 0 Å². The van der Waals surface area contributed by atoms with Crippen LogP contribution >= 0.6 is 0 Å². The van der Waals surface area contributed by atoms with E-state index in [1.807, 2.05) is 24.3 Å². The summed E-state index contributed by atoms with van der Waals surface area (Å²) in [6.45, 7) is 6.93. The summed E-state index contributed by atoms with van der Waals surface area (Å²) in [6.07, 6.45) is 1.19. The number of methoxy groups -OCH3 is 1. The van der Waals surface area contributed by atoms with Gasteiger partial charge >= 0.3 is 0 Å². The Labute approximate surface area is 121 Å². The third-order valence-electron chi connectivity index (χ3n) is 2.98. The van der Waals surface area contributed by atoms with Crippen LogP contribution in [-0.2, 0) is 11.2 Å². The molecule has 1 amide bonds. The quantitative estimate of drug-likeness (QED) is 0.837. The number of para-hydroxylation sites is 1. The predicted molar refractivity (Wildman–Crippen MR) is 81.8 cm³/mol. The Kier molecular flexibility index (Phi) is 6.02. The average Bonchev–Trinajstić information content (AvgIpc) is 2.35. The molecule has 112 valence electrons. The van der Waals surface area contributed by atoms with Crippen LogP contribution in [-0.4, -0.2) is 25.6 Å². The first-order valence-corrected chi connectivity index (χ1v) is 6.96. The largest absolute Gasteiger partial charge is 0.496 e. The van der Waals surface area contributed by atoms with Crippen LogP contribution in [0.3, 0.4) is 0 Å². The van der Waals surface area contributed by atoms with Gasteiger partial charge in [0.15, 0.2) is 0 Å². The van der Waals surface area contributed by atoms with E-state index in [9.17, 15) is 4.79 Å². The molecule has 0 heterocycles. The fourth-order valence-corrected chi connectivity index (χ4v) is 2.19. The molecule has 4 nitrogen and oxygen atoms in total. The third-order valence-corrected chi connectivity index (χ3v) is 2.98. The molecule has 4 heteroatoms. The molecule has 0 saturated heterocycles. The first-order valence-electron chi connectivity index (χ1n) is 6.96. The molecule has 0 aromatic heterocycles. The monoisotopic (exact) mass is 278 g/mol. The molecule has 3 N–H and O–H groups in total. The van der Waals surface area contributed by atoms with Gasteiger partial charge in [0, 0.05) is 18.2 Å². The van der Waals surface area contributed by atoms with E-state index in [-0.39, 0.29) is 17.4 Å². The fourth-order valence-electron chi connectivity index (χ4n) is 2.19. The highest BCUT2D eigenvalue weighted by Crippen LogP contribution is 2.20. The van der Waals surface area contributed by atoms with Crippen LogP contribution in [0, 0.1) is 5.41 Å². The molecule has 0 fully saturated rings. The first kappa shape index (κ1) is 16.5. The molecule has 0 radical (unpaired) electrons. The molecular weight excluding hydrogens is 252 g/mol. The van der Waals surface area contributed by atoms with Gasteiger partial charge in [-0.3, -0.25) is 4.79 Å². The number of nitrogens with two attached hydrogens (primary N) is 1. The van der Waals surface area contributed by atoms with Gasteiger partial charge in [-0.15, -0.1) is 0 Å². The standard InChI is InChI=1S/C16H26N2O2/c1-16(2,3)10-13(17)11-18-15(19)9-12-7-5-6-8-14(12)20-4/h5-8,13H,9-11,17H2,1-4H3,(H,18,19). The van der Waals surface area contributed by atoms with E-state index >= 15 is 0 Å². The molecule has 1 aromatic carbocycles. The normalized spacial score (nSPS) is 12.8. The molecule has 1 rings (SSSR count). The maximum Gasteiger partial charge on any atom is 0.224 e. The van der Waals surface area contributed by atoms with Crippen LogP contribution in [0.1, 0.15) is 32.8 Å². The lowest BCUT2D eigenvalue weighted by Gasteiger charge is -2.23. The number of hydrogen-bond donors (Lipinski definition) is 2. The Morgan fingerprint density at radius 1 is 1.35 bits per heavy atom. The minimum absolute atomic E-state index is 0.0170. The van der Waals surface area contributed by atoms with Crippen molar-refractivity contribution in [3.63, 3.8) is 0 Å². The van der Waals surface area contributed by atoms with Gasteiger partial charge in [0.2, 0.25) is 5.91 Å². The van der Waals surface area contributed by atoms with E-state index < -0.39 is 0 Å². The maximum absolute atomic E-state index is 11.9. The van der Waals surface area contributed by atoms with E-state index in [1.54, 1.807) is 7.11 Å². The highest BCUT2D eigenvalue weighted by Gasteiger charge is 2.16. The second-order valence-corrected chi connectivity index (χ2v) is 6.32. The molecule has 0 aliphatic carbocycles. The molecule has 1 aromatic rings. The molecule has 1 unspecified atom stereocenters. The Hall–Kier alpha value is -1.55. The zero-order valence-electron chi connectivity index (χ0n) is 12.9. The summed E-state index contributed by atoms with van der Waals surface area (Å²) in [5, 5.41) is 2.89. The van der Waals surface area contributed by atoms with Gasteiger partial charge in [-0.1, -0.05) is 39.0 Å². The summed E-state index contributed by atoms with van der Waals surface area (Å²) >= 11 is 0. The Morgan fingerprint density at radius 3 is 2.60 bits per heavy atom. The number of rotatable bonds is 6. The average molecular weight is 278 g/mol. The number of benzene rings is 1. The second-order valence-electron chi connectivity index (χ2n) is 6.32. The van der Waals surface area contributed by atoms with Crippen molar-refractivity contribution in [3.05, 3.63) is 29.8 Å². The van der Waals surface area contributed by atoms with E-state index in [2.05, 4.69) is 26.1 Å². The number of ether oxygens (including phenoxy) is 1. The second kappa shape index (κ2) is 7.29. The molecule has 1 atom stereocenters. The fraction of sp³-hybridized carbons (Fsp3) is 0.562. The van der Waals surface area contributed by atoms with E-state index in [0.717, 1.165) is 17.7 Å². The summed E-state index contributed by atoms with van der Waals surface area (Å²) in [5.74, 6) is 0.709. The number of amides is 1. The van der Waals surface area contributed by atoms with Gasteiger partial charge < -0.3 is 15.8 Å². The number of carbonyl (C=O) groups is 1. The number of nitrogens with one attached hydrogen (secondary N) is 1. The van der Waals surface area contributed by atoms with Crippen molar-refractivity contribution >= 4 is 5.91 Å². The summed E-state index contributed by atoms with van der Waals surface area (Å²) in [6, 6.07) is 7.52. The van der Waals surface area contributed by atoms with Crippen LogP contribution in [0.4, 0.5) is 0 Å². The van der Waals surface area contributed by atoms with Crippen LogP contribution < -0.4 is 15.8 Å². The van der Waals surface area contributed by atoms with Crippen molar-refractivity contribution in [2.75, 3.05) is 13.7 Å². The van der Waals surface area contributed by atoms with Gasteiger partial charge in [0.05, 0.1) is 13.5 Å². The minimum atomic E-state index is -0.0288. The van der Waals surface area contributed by atoms with Crippen molar-refractivity contribution in [1.82, 2.24) is 5.32 Å². The summed E-state index contributed by atoms with van der Waals surface area (Å²) in [7, 11) is 1.61. The van der Waals surface area contributed by atoms with Gasteiger partial charge in [-0.05, 0) is 17.9 Å². The van der Waals surface area contributed by atoms with Gasteiger partial charge in [0.25, 0.3) is 0 Å². The summed E-state index contributed by atoms with van der Waals surface area (Å²) in [4.78, 5) is 11.9. The maximum atomic E-state index is 11.9. The van der Waals surface area contributed by atoms with Crippen molar-refractivity contribution in [3.8, 4) is 5.75 Å². The van der Waals surface area contributed by atoms with Gasteiger partial charge in [-0.25, -0.2) is 0 Å². The molecule has 0 spiro atoms. The van der Waals surface area contributed by atoms with E-state index in [4.69, 9.17) is 10.5 Å². The van der Waals surface area contributed by atoms with Gasteiger partial charge in [-0.2, -0.15) is 0 Å². The Bertz CT molecular complexity index is 438. The summed E-state index contributed by atoms with van der Waals surface area (Å²) < 4.78 is 5.23. The van der Waals surface area contributed by atoms with Crippen molar-refractivity contribution in [2.24, 2.45) is 11.1 Å². The highest BCUT2D eigenvalue weighted by atomic mass is 16.5. The van der Waals surface area contributed by atoms with E-state index in [1.165, 1.54) is 0 Å². The van der Waals surface area contributed by atoms with Crippen LogP contribution in [0.5, 0.6) is 5.75 Å². The molecule has 20 heavy (non-hydrogen) atoms. The van der Waals surface area contributed by atoms with Gasteiger partial charge in [0.1, 0.15) is 5.75 Å². The predicted octanol–water partition coefficient (Wildman–Crippen LogP) is 2.12. The van der Waals surface area contributed by atoms with Crippen LogP contribution in [0.2, 0.25) is 0 Å². The van der Waals surface area contributed by atoms with Crippen LogP contribution in [0.15, 0.2) is 24.3 Å². The number of hydrogen-bond acceptors (Lipinski definition) is 3. The third kappa shape index (κ3) is 6.06. The first-order chi connectivity index (χ1) is 9.31. The smallest absolute Gasteiger partial charge is 0.224 e. The zero-order valence-corrected chi connectivity index (χ0v) is 12.9. The van der Waals surface area contributed by atoms with Crippen molar-refractivity contribution < 1.29 is 9.53 Å². The summed E-state index contributed by atoms with van der Waals surface area (Å²) in [5.41, 5.74) is 7.08. The molecule has 0 bridgehead atoms. The van der Waals surface area contributed by atoms with Crippen molar-refractivity contribution in [1.29, 1.82) is 0 Å². The number of carbonyl (C=O) groups excluding carboxylic acids is 1. The van der Waals surface area contributed by atoms with Crippen molar-refractivity contribution in [2.45, 2.75) is 39.7 Å². The molecule has 0 aliphatic rings. The Balaban J connectivity index is 2.44. The Morgan fingerprint density at radius 2 is 2.00 bits per heavy atom. The minimum Gasteiger partial charge on any atom is -0.496 e. The lowest BCUT2D eigenvalue weighted by Crippen LogP contribution is -2.40. The highest BCUT2D eigenvalue weighted by molar-refractivity contribution is 5.79. The molecule has 0 saturated carbocycles. The SMILES string of the molecule is COc1ccccc1CC(=O)NCC(N)CC(C)(C)C. The molecular formula is C16H26N2O2. The topological polar surface area (TPSA) is 64.3 Å².